The number of hydrogen-bond donors (Lipinski definition) is 1. The molecule has 1 fully saturated rings. The molecular formula is C15H18N2O. The molecule has 2 aromatic rings. The van der Waals surface area contributed by atoms with Crippen LogP contribution in [-0.4, -0.2) is 11.2 Å². The highest BCUT2D eigenvalue weighted by atomic mass is 16.5. The number of rotatable bonds is 4. The van der Waals surface area contributed by atoms with Gasteiger partial charge in [0.25, 0.3) is 0 Å². The highest BCUT2D eigenvalue weighted by Gasteiger charge is 2.21. The van der Waals surface area contributed by atoms with Crippen molar-refractivity contribution < 1.29 is 4.52 Å². The maximum Gasteiger partial charge on any atom is 0.171 e. The quantitative estimate of drug-likeness (QED) is 0.894. The van der Waals surface area contributed by atoms with Crippen LogP contribution in [0.25, 0.3) is 11.3 Å². The normalized spacial score (nSPS) is 15.0. The molecule has 18 heavy (non-hydrogen) atoms. The molecule has 1 saturated carbocycles. The molecule has 1 heterocycles. The first-order valence-corrected chi connectivity index (χ1v) is 6.48. The van der Waals surface area contributed by atoms with E-state index in [1.54, 1.807) is 0 Å². The molecule has 3 rings (SSSR count). The molecule has 0 radical (unpaired) electrons. The molecule has 1 aliphatic carbocycles. The van der Waals surface area contributed by atoms with Crippen molar-refractivity contribution in [1.29, 1.82) is 0 Å². The molecule has 1 aromatic carbocycles. The Morgan fingerprint density at radius 1 is 1.22 bits per heavy atom. The highest BCUT2D eigenvalue weighted by Crippen LogP contribution is 2.27. The fourth-order valence-electron chi connectivity index (χ4n) is 2.27. The number of nitrogens with one attached hydrogen (secondary N) is 1. The van der Waals surface area contributed by atoms with Gasteiger partial charge in [0.15, 0.2) is 5.76 Å². The first-order valence-electron chi connectivity index (χ1n) is 6.48. The summed E-state index contributed by atoms with van der Waals surface area (Å²) < 4.78 is 5.42. The average Bonchev–Trinajstić information content (AvgIpc) is 3.02. The van der Waals surface area contributed by atoms with E-state index in [-0.39, 0.29) is 0 Å². The summed E-state index contributed by atoms with van der Waals surface area (Å²) in [6.07, 6.45) is 4.41. The Labute approximate surface area is 107 Å². The molecule has 3 nitrogen and oxygen atoms in total. The first kappa shape index (κ1) is 11.5. The SMILES string of the molecule is Cc1cc(C)cc(-c2oncc2CNC2CC2)c1. The molecule has 94 valence electrons. The van der Waals surface area contributed by atoms with Crippen molar-refractivity contribution in [2.75, 3.05) is 0 Å². The van der Waals surface area contributed by atoms with E-state index in [1.165, 1.54) is 24.0 Å². The second kappa shape index (κ2) is 4.58. The zero-order valence-electron chi connectivity index (χ0n) is 10.9. The van der Waals surface area contributed by atoms with E-state index in [2.05, 4.69) is 42.5 Å². The van der Waals surface area contributed by atoms with Gasteiger partial charge >= 0.3 is 0 Å². The number of benzene rings is 1. The summed E-state index contributed by atoms with van der Waals surface area (Å²) in [6.45, 7) is 5.06. The largest absolute Gasteiger partial charge is 0.356 e. The van der Waals surface area contributed by atoms with Crippen LogP contribution < -0.4 is 5.32 Å². The molecule has 3 heteroatoms. The fourth-order valence-corrected chi connectivity index (χ4v) is 2.27. The van der Waals surface area contributed by atoms with Gasteiger partial charge in [-0.05, 0) is 38.8 Å². The van der Waals surface area contributed by atoms with Crippen molar-refractivity contribution in [2.24, 2.45) is 0 Å². The summed E-state index contributed by atoms with van der Waals surface area (Å²) in [7, 11) is 0. The van der Waals surface area contributed by atoms with E-state index in [4.69, 9.17) is 4.52 Å². The molecule has 0 bridgehead atoms. The third kappa shape index (κ3) is 2.46. The highest BCUT2D eigenvalue weighted by molar-refractivity contribution is 5.62. The van der Waals surface area contributed by atoms with Gasteiger partial charge in [-0.3, -0.25) is 0 Å². The van der Waals surface area contributed by atoms with Gasteiger partial charge in [0, 0.05) is 23.7 Å². The van der Waals surface area contributed by atoms with Crippen molar-refractivity contribution >= 4 is 0 Å². The molecule has 1 aromatic heterocycles. The molecule has 0 aliphatic heterocycles. The van der Waals surface area contributed by atoms with Crippen LogP contribution in [0.15, 0.2) is 28.9 Å². The van der Waals surface area contributed by atoms with Gasteiger partial charge in [-0.25, -0.2) is 0 Å². The van der Waals surface area contributed by atoms with E-state index in [9.17, 15) is 0 Å². The summed E-state index contributed by atoms with van der Waals surface area (Å²) in [4.78, 5) is 0. The van der Waals surface area contributed by atoms with Crippen LogP contribution >= 0.6 is 0 Å². The molecule has 1 aliphatic rings. The summed E-state index contributed by atoms with van der Waals surface area (Å²) in [5.74, 6) is 0.898. The summed E-state index contributed by atoms with van der Waals surface area (Å²) in [5.41, 5.74) is 4.77. The Morgan fingerprint density at radius 2 is 1.94 bits per heavy atom. The van der Waals surface area contributed by atoms with Gasteiger partial charge in [-0.1, -0.05) is 22.3 Å². The lowest BCUT2D eigenvalue weighted by atomic mass is 10.0. The second-order valence-corrected chi connectivity index (χ2v) is 5.21. The lowest BCUT2D eigenvalue weighted by Gasteiger charge is -2.05. The molecule has 0 atom stereocenters. The lowest BCUT2D eigenvalue weighted by molar-refractivity contribution is 0.431. The van der Waals surface area contributed by atoms with Crippen molar-refractivity contribution in [3.8, 4) is 11.3 Å². The van der Waals surface area contributed by atoms with Crippen LogP contribution in [0.1, 0.15) is 29.5 Å². The maximum absolute atomic E-state index is 5.42. The number of nitrogens with zero attached hydrogens (tertiary/aromatic N) is 1. The van der Waals surface area contributed by atoms with Crippen LogP contribution in [0, 0.1) is 13.8 Å². The standard InChI is InChI=1S/C15H18N2O/c1-10-5-11(2)7-12(6-10)15-13(9-17-18-15)8-16-14-3-4-14/h5-7,9,14,16H,3-4,8H2,1-2H3. The molecular weight excluding hydrogens is 224 g/mol. The van der Waals surface area contributed by atoms with Crippen LogP contribution in [-0.2, 0) is 6.54 Å². The molecule has 0 amide bonds. The Kier molecular flexibility index (Phi) is 2.92. The Morgan fingerprint density at radius 3 is 2.61 bits per heavy atom. The van der Waals surface area contributed by atoms with Crippen molar-refractivity contribution in [3.05, 3.63) is 41.1 Å². The molecule has 1 N–H and O–H groups in total. The van der Waals surface area contributed by atoms with Crippen molar-refractivity contribution in [3.63, 3.8) is 0 Å². The fraction of sp³-hybridized carbons (Fsp3) is 0.400. The minimum absolute atomic E-state index is 0.701. The Hall–Kier alpha value is -1.61. The van der Waals surface area contributed by atoms with Crippen molar-refractivity contribution in [2.45, 2.75) is 39.3 Å². The van der Waals surface area contributed by atoms with Crippen LogP contribution in [0.3, 0.4) is 0 Å². The number of aryl methyl sites for hydroxylation is 2. The number of aromatic nitrogens is 1. The lowest BCUT2D eigenvalue weighted by Crippen LogP contribution is -2.15. The second-order valence-electron chi connectivity index (χ2n) is 5.21. The maximum atomic E-state index is 5.42. The van der Waals surface area contributed by atoms with Crippen LogP contribution in [0.2, 0.25) is 0 Å². The zero-order valence-corrected chi connectivity index (χ0v) is 10.9. The molecule has 0 unspecified atom stereocenters. The molecule has 0 spiro atoms. The van der Waals surface area contributed by atoms with Gasteiger partial charge in [0.05, 0.1) is 6.20 Å². The first-order chi connectivity index (χ1) is 8.72. The van der Waals surface area contributed by atoms with Gasteiger partial charge in [-0.15, -0.1) is 0 Å². The van der Waals surface area contributed by atoms with E-state index in [0.717, 1.165) is 23.4 Å². The smallest absolute Gasteiger partial charge is 0.171 e. The monoisotopic (exact) mass is 242 g/mol. The Balaban J connectivity index is 1.87. The third-order valence-electron chi connectivity index (χ3n) is 3.29. The van der Waals surface area contributed by atoms with Gasteiger partial charge in [0.2, 0.25) is 0 Å². The predicted molar refractivity (Wildman–Crippen MR) is 71.3 cm³/mol. The minimum Gasteiger partial charge on any atom is -0.356 e. The average molecular weight is 242 g/mol. The summed E-state index contributed by atoms with van der Waals surface area (Å²) in [5, 5.41) is 7.44. The third-order valence-corrected chi connectivity index (χ3v) is 3.29. The number of hydrogen-bond acceptors (Lipinski definition) is 3. The zero-order chi connectivity index (χ0) is 12.5. The van der Waals surface area contributed by atoms with Crippen LogP contribution in [0.4, 0.5) is 0 Å². The van der Waals surface area contributed by atoms with Crippen molar-refractivity contribution in [1.82, 2.24) is 10.5 Å². The van der Waals surface area contributed by atoms with Gasteiger partial charge < -0.3 is 9.84 Å². The summed E-state index contributed by atoms with van der Waals surface area (Å²) in [6, 6.07) is 7.16. The predicted octanol–water partition coefficient (Wildman–Crippen LogP) is 3.21. The topological polar surface area (TPSA) is 38.1 Å². The van der Waals surface area contributed by atoms with Gasteiger partial charge in [0.1, 0.15) is 0 Å². The minimum atomic E-state index is 0.701. The van der Waals surface area contributed by atoms with Crippen LogP contribution in [0.5, 0.6) is 0 Å². The molecule has 0 saturated heterocycles. The Bertz CT molecular complexity index is 535. The van der Waals surface area contributed by atoms with E-state index < -0.39 is 0 Å². The van der Waals surface area contributed by atoms with E-state index in [1.807, 2.05) is 6.20 Å². The van der Waals surface area contributed by atoms with Gasteiger partial charge in [-0.2, -0.15) is 0 Å². The van der Waals surface area contributed by atoms with E-state index >= 15 is 0 Å². The summed E-state index contributed by atoms with van der Waals surface area (Å²) >= 11 is 0. The van der Waals surface area contributed by atoms with E-state index in [0.29, 0.717) is 6.04 Å².